The van der Waals surface area contributed by atoms with Crippen LogP contribution >= 0.6 is 0 Å². The molecule has 0 saturated carbocycles. The van der Waals surface area contributed by atoms with Crippen LogP contribution in [0.1, 0.15) is 30.9 Å². The highest BCUT2D eigenvalue weighted by Crippen LogP contribution is 2.15. The van der Waals surface area contributed by atoms with Crippen molar-refractivity contribution in [1.82, 2.24) is 15.5 Å². The van der Waals surface area contributed by atoms with E-state index in [4.69, 9.17) is 5.26 Å². The lowest BCUT2D eigenvalue weighted by Gasteiger charge is -2.24. The number of aliphatic imine (C=N–C) groups is 1. The Kier molecular flexibility index (Phi) is 6.23. The van der Waals surface area contributed by atoms with E-state index in [2.05, 4.69) is 33.5 Å². The monoisotopic (exact) mass is 299 g/mol. The van der Waals surface area contributed by atoms with Gasteiger partial charge in [0.25, 0.3) is 0 Å². The van der Waals surface area contributed by atoms with Crippen LogP contribution in [0.3, 0.4) is 0 Å². The van der Waals surface area contributed by atoms with Gasteiger partial charge in [-0.15, -0.1) is 0 Å². The van der Waals surface area contributed by atoms with Crippen molar-refractivity contribution in [2.75, 3.05) is 26.7 Å². The van der Waals surface area contributed by atoms with Crippen LogP contribution in [0.15, 0.2) is 29.3 Å². The SMILES string of the molecule is CCN1CCCC1CNC(=NC)NCc1cccc(C#N)c1. The highest BCUT2D eigenvalue weighted by molar-refractivity contribution is 5.79. The second-order valence-corrected chi connectivity index (χ2v) is 5.54. The molecular weight excluding hydrogens is 274 g/mol. The van der Waals surface area contributed by atoms with Crippen LogP contribution in [-0.4, -0.2) is 43.6 Å². The third kappa shape index (κ3) is 4.47. The van der Waals surface area contributed by atoms with E-state index in [0.29, 0.717) is 18.2 Å². The summed E-state index contributed by atoms with van der Waals surface area (Å²) in [7, 11) is 1.78. The van der Waals surface area contributed by atoms with Gasteiger partial charge in [0.1, 0.15) is 0 Å². The lowest BCUT2D eigenvalue weighted by Crippen LogP contribution is -2.44. The minimum Gasteiger partial charge on any atom is -0.355 e. The minimum absolute atomic E-state index is 0.602. The fraction of sp³-hybridized carbons (Fsp3) is 0.529. The molecule has 22 heavy (non-hydrogen) atoms. The Bertz CT molecular complexity index is 546. The van der Waals surface area contributed by atoms with Crippen molar-refractivity contribution in [2.45, 2.75) is 32.4 Å². The summed E-state index contributed by atoms with van der Waals surface area (Å²) in [5.74, 6) is 0.810. The predicted octanol–water partition coefficient (Wildman–Crippen LogP) is 1.71. The van der Waals surface area contributed by atoms with E-state index >= 15 is 0 Å². The maximum atomic E-state index is 8.93. The van der Waals surface area contributed by atoms with Crippen molar-refractivity contribution < 1.29 is 0 Å². The maximum absolute atomic E-state index is 8.93. The number of guanidine groups is 1. The maximum Gasteiger partial charge on any atom is 0.191 e. The van der Waals surface area contributed by atoms with Gasteiger partial charge in [0.15, 0.2) is 5.96 Å². The molecule has 0 bridgehead atoms. The molecule has 0 spiro atoms. The van der Waals surface area contributed by atoms with Crippen LogP contribution in [0.5, 0.6) is 0 Å². The Morgan fingerprint density at radius 2 is 2.32 bits per heavy atom. The Morgan fingerprint density at radius 1 is 1.45 bits per heavy atom. The van der Waals surface area contributed by atoms with Gasteiger partial charge in [-0.3, -0.25) is 9.89 Å². The smallest absolute Gasteiger partial charge is 0.191 e. The molecule has 1 saturated heterocycles. The van der Waals surface area contributed by atoms with Gasteiger partial charge in [0.05, 0.1) is 11.6 Å². The zero-order valence-electron chi connectivity index (χ0n) is 13.5. The molecule has 5 nitrogen and oxygen atoms in total. The van der Waals surface area contributed by atoms with Crippen LogP contribution < -0.4 is 10.6 Å². The predicted molar refractivity (Wildman–Crippen MR) is 89.6 cm³/mol. The molecule has 1 aromatic rings. The topological polar surface area (TPSA) is 63.4 Å². The summed E-state index contributed by atoms with van der Waals surface area (Å²) in [5, 5.41) is 15.6. The van der Waals surface area contributed by atoms with Crippen molar-refractivity contribution in [1.29, 1.82) is 5.26 Å². The number of nitrogens with one attached hydrogen (secondary N) is 2. The van der Waals surface area contributed by atoms with Crippen LogP contribution in [0.4, 0.5) is 0 Å². The van der Waals surface area contributed by atoms with Gasteiger partial charge < -0.3 is 10.6 Å². The average molecular weight is 299 g/mol. The van der Waals surface area contributed by atoms with Gasteiger partial charge in [-0.25, -0.2) is 0 Å². The summed E-state index contributed by atoms with van der Waals surface area (Å²) in [5.41, 5.74) is 1.77. The van der Waals surface area contributed by atoms with Crippen molar-refractivity contribution in [3.05, 3.63) is 35.4 Å². The van der Waals surface area contributed by atoms with Crippen LogP contribution in [0, 0.1) is 11.3 Å². The first-order chi connectivity index (χ1) is 10.8. The fourth-order valence-electron chi connectivity index (χ4n) is 2.91. The molecule has 0 aliphatic carbocycles. The summed E-state index contributed by atoms with van der Waals surface area (Å²) in [6, 6.07) is 10.4. The molecule has 118 valence electrons. The normalized spacial score (nSPS) is 19.0. The van der Waals surface area contributed by atoms with E-state index in [1.807, 2.05) is 24.3 Å². The number of likely N-dealkylation sites (N-methyl/N-ethyl adjacent to an activating group) is 1. The van der Waals surface area contributed by atoms with E-state index in [0.717, 1.165) is 24.6 Å². The highest BCUT2D eigenvalue weighted by atomic mass is 15.2. The van der Waals surface area contributed by atoms with Crippen molar-refractivity contribution in [3.63, 3.8) is 0 Å². The summed E-state index contributed by atoms with van der Waals surface area (Å²) in [4.78, 5) is 6.78. The van der Waals surface area contributed by atoms with Crippen molar-refractivity contribution in [2.24, 2.45) is 4.99 Å². The van der Waals surface area contributed by atoms with Crippen LogP contribution in [-0.2, 0) is 6.54 Å². The zero-order valence-corrected chi connectivity index (χ0v) is 13.5. The number of nitrogens with zero attached hydrogens (tertiary/aromatic N) is 3. The van der Waals surface area contributed by atoms with E-state index < -0.39 is 0 Å². The van der Waals surface area contributed by atoms with E-state index in [9.17, 15) is 0 Å². The summed E-state index contributed by atoms with van der Waals surface area (Å²) >= 11 is 0. The molecule has 2 rings (SSSR count). The number of nitriles is 1. The van der Waals surface area contributed by atoms with Crippen molar-refractivity contribution in [3.8, 4) is 6.07 Å². The largest absolute Gasteiger partial charge is 0.355 e. The van der Waals surface area contributed by atoms with E-state index in [-0.39, 0.29) is 0 Å². The summed E-state index contributed by atoms with van der Waals surface area (Å²) in [6.07, 6.45) is 2.54. The summed E-state index contributed by atoms with van der Waals surface area (Å²) in [6.45, 7) is 6.12. The lowest BCUT2D eigenvalue weighted by atomic mass is 10.1. The minimum atomic E-state index is 0.602. The zero-order chi connectivity index (χ0) is 15.8. The molecule has 1 aliphatic rings. The van der Waals surface area contributed by atoms with Crippen LogP contribution in [0.25, 0.3) is 0 Å². The number of hydrogen-bond donors (Lipinski definition) is 2. The lowest BCUT2D eigenvalue weighted by molar-refractivity contribution is 0.267. The van der Waals surface area contributed by atoms with Crippen molar-refractivity contribution >= 4 is 5.96 Å². The van der Waals surface area contributed by atoms with Gasteiger partial charge in [0.2, 0.25) is 0 Å². The molecule has 1 fully saturated rings. The molecular formula is C17H25N5. The third-order valence-electron chi connectivity index (χ3n) is 4.15. The molecule has 1 aromatic carbocycles. The molecule has 0 aromatic heterocycles. The molecule has 0 amide bonds. The third-order valence-corrected chi connectivity index (χ3v) is 4.15. The van der Waals surface area contributed by atoms with Crippen LogP contribution in [0.2, 0.25) is 0 Å². The molecule has 1 aliphatic heterocycles. The molecule has 1 heterocycles. The number of rotatable bonds is 5. The Morgan fingerprint density at radius 3 is 3.05 bits per heavy atom. The molecule has 2 N–H and O–H groups in total. The highest BCUT2D eigenvalue weighted by Gasteiger charge is 2.22. The van der Waals surface area contributed by atoms with Gasteiger partial charge in [0, 0.05) is 26.2 Å². The van der Waals surface area contributed by atoms with Gasteiger partial charge >= 0.3 is 0 Å². The first kappa shape index (κ1) is 16.3. The molecule has 5 heteroatoms. The molecule has 1 atom stereocenters. The number of hydrogen-bond acceptors (Lipinski definition) is 3. The van der Waals surface area contributed by atoms with Gasteiger partial charge in [-0.1, -0.05) is 19.1 Å². The second-order valence-electron chi connectivity index (χ2n) is 5.54. The molecule has 1 unspecified atom stereocenters. The Hall–Kier alpha value is -2.06. The van der Waals surface area contributed by atoms with Gasteiger partial charge in [-0.05, 0) is 43.6 Å². The average Bonchev–Trinajstić information content (AvgIpc) is 3.02. The quantitative estimate of drug-likeness (QED) is 0.642. The first-order valence-electron chi connectivity index (χ1n) is 7.94. The van der Waals surface area contributed by atoms with E-state index in [1.54, 1.807) is 7.05 Å². The number of likely N-dealkylation sites (tertiary alicyclic amines) is 1. The fourth-order valence-corrected chi connectivity index (χ4v) is 2.91. The summed E-state index contributed by atoms with van der Waals surface area (Å²) < 4.78 is 0. The van der Waals surface area contributed by atoms with E-state index in [1.165, 1.54) is 19.4 Å². The van der Waals surface area contributed by atoms with Gasteiger partial charge in [-0.2, -0.15) is 5.26 Å². The first-order valence-corrected chi connectivity index (χ1v) is 7.94. The Balaban J connectivity index is 1.81. The standard InChI is InChI=1S/C17H25N5/c1-3-22-9-5-8-16(22)13-21-17(19-2)20-12-15-7-4-6-14(10-15)11-18/h4,6-7,10,16H,3,5,8-9,12-13H2,1-2H3,(H2,19,20,21). The second kappa shape index (κ2) is 8.40. The molecule has 0 radical (unpaired) electrons. The number of benzene rings is 1. The Labute approximate surface area is 133 Å².